The van der Waals surface area contributed by atoms with Gasteiger partial charge >= 0.3 is 19.3 Å². The number of carbonyl (C=O) groups is 2. The summed E-state index contributed by atoms with van der Waals surface area (Å²) < 4.78 is 54.6. The van der Waals surface area contributed by atoms with E-state index in [9.17, 15) is 27.6 Å². The highest BCUT2D eigenvalue weighted by Gasteiger charge is 2.67. The summed E-state index contributed by atoms with van der Waals surface area (Å²) in [5.74, 6) is 0.315. The third-order valence-electron chi connectivity index (χ3n) is 13.1. The largest absolute Gasteiger partial charge is 0.481 e. The van der Waals surface area contributed by atoms with Gasteiger partial charge in [-0.3, -0.25) is 14.2 Å². The summed E-state index contributed by atoms with van der Waals surface area (Å²) >= 11 is 0. The quantitative estimate of drug-likeness (QED) is 0.185. The second-order valence-corrected chi connectivity index (χ2v) is 17.2. The van der Waals surface area contributed by atoms with Gasteiger partial charge in [-0.15, -0.1) is 0 Å². The minimum absolute atomic E-state index is 0.00412. The first-order valence-corrected chi connectivity index (χ1v) is 19.3. The molecular weight excluding hydrogens is 712 g/mol. The number of amides is 3. The number of alkyl halides is 3. The molecule has 1 aromatic heterocycles. The molecule has 9 atom stereocenters. The first-order chi connectivity index (χ1) is 26.0. The molecule has 4 unspecified atom stereocenters. The van der Waals surface area contributed by atoms with E-state index in [1.165, 1.54) is 22.9 Å². The predicted molar refractivity (Wildman–Crippen MR) is 200 cm³/mol. The van der Waals surface area contributed by atoms with E-state index in [1.54, 1.807) is 6.92 Å². The third kappa shape index (κ3) is 6.70. The highest BCUT2D eigenvalue weighted by Crippen LogP contribution is 2.64. The van der Waals surface area contributed by atoms with Crippen molar-refractivity contribution in [3.05, 3.63) is 93.7 Å². The number of hydrogen-bond donors (Lipinski definition) is 4. The second kappa shape index (κ2) is 13.4. The maximum atomic E-state index is 14.4. The topological polar surface area (TPSA) is 136 Å². The maximum Gasteiger partial charge on any atom is 0.481 e. The Morgan fingerprint density at radius 3 is 2.53 bits per heavy atom. The number of carbonyl (C=O) groups excluding carboxylic acids is 2. The number of nitrogens with zero attached hydrogens (tertiary/aromatic N) is 2. The molecule has 292 valence electrons. The average molecular weight is 761 g/mol. The van der Waals surface area contributed by atoms with Crippen LogP contribution < -0.4 is 26.8 Å². The van der Waals surface area contributed by atoms with Crippen LogP contribution >= 0.6 is 0 Å². The number of anilines is 1. The van der Waals surface area contributed by atoms with E-state index >= 15 is 0 Å². The fourth-order valence-corrected chi connectivity index (χ4v) is 9.66. The van der Waals surface area contributed by atoms with Gasteiger partial charge in [-0.1, -0.05) is 63.2 Å². The van der Waals surface area contributed by atoms with Crippen molar-refractivity contribution in [2.45, 2.75) is 121 Å². The number of urea groups is 1. The number of halogens is 3. The highest BCUT2D eigenvalue weighted by atomic mass is 19.4. The molecule has 3 amide bonds. The number of rotatable bonds is 10. The van der Waals surface area contributed by atoms with E-state index in [1.807, 2.05) is 37.3 Å². The lowest BCUT2D eigenvalue weighted by Crippen LogP contribution is -2.63. The summed E-state index contributed by atoms with van der Waals surface area (Å²) in [5.41, 5.74) is -1.46. The molecule has 2 aromatic carbocycles. The van der Waals surface area contributed by atoms with E-state index in [2.05, 4.69) is 47.0 Å². The van der Waals surface area contributed by atoms with Crippen LogP contribution in [0.1, 0.15) is 101 Å². The van der Waals surface area contributed by atoms with Gasteiger partial charge in [0.2, 0.25) is 5.91 Å². The summed E-state index contributed by atoms with van der Waals surface area (Å²) in [6.07, 6.45) is -0.00971. The van der Waals surface area contributed by atoms with Crippen LogP contribution in [0.15, 0.2) is 65.6 Å². The van der Waals surface area contributed by atoms with Gasteiger partial charge in [0.1, 0.15) is 17.6 Å². The van der Waals surface area contributed by atoms with Crippen molar-refractivity contribution in [1.82, 2.24) is 25.5 Å². The molecule has 9 rings (SSSR count). The molecule has 15 heteroatoms. The normalized spacial score (nSPS) is 31.7. The fraction of sp³-hybridized carbons (Fsp3) is 0.550. The van der Waals surface area contributed by atoms with Gasteiger partial charge in [0.15, 0.2) is 0 Å². The Bertz CT molecular complexity index is 2050. The standard InChI is InChI=1S/C40H48BF3N6O5/c1-6-31(41-54-32-27-16-25(37(27,2)3)18-39(32,5)55-41)48-33(51)30-19-38(4,49-36(53)47-28-17-26(28)23-12-8-7-9-13-23)35-46-21-29(34(52)50(30)35)45-20-22-11-10-14-24(15-22)40(42,43)44/h7-15,21,25-28,30-32,45H,6,16-20H2,1-5H3,(H,48,51)(H2,47,49,53)/t25?,26?,27?,28?,30-,31-,32+,38+,39-/m0/s1. The Hall–Kier alpha value is -4.37. The van der Waals surface area contributed by atoms with Crippen LogP contribution in [0, 0.1) is 17.3 Å². The molecule has 1 saturated heterocycles. The molecule has 55 heavy (non-hydrogen) atoms. The minimum Gasteiger partial charge on any atom is -0.404 e. The van der Waals surface area contributed by atoms with Gasteiger partial charge in [-0.2, -0.15) is 13.2 Å². The van der Waals surface area contributed by atoms with Crippen LogP contribution in [-0.2, 0) is 32.4 Å². The van der Waals surface area contributed by atoms with E-state index in [4.69, 9.17) is 9.31 Å². The first-order valence-electron chi connectivity index (χ1n) is 19.3. The van der Waals surface area contributed by atoms with Crippen LogP contribution in [0.2, 0.25) is 0 Å². The van der Waals surface area contributed by atoms with Crippen molar-refractivity contribution >= 4 is 24.7 Å². The van der Waals surface area contributed by atoms with Crippen LogP contribution in [0.4, 0.5) is 23.7 Å². The number of benzene rings is 2. The van der Waals surface area contributed by atoms with Crippen molar-refractivity contribution < 1.29 is 32.1 Å². The summed E-state index contributed by atoms with van der Waals surface area (Å²) in [4.78, 5) is 46.7. The maximum absolute atomic E-state index is 14.4. The van der Waals surface area contributed by atoms with Crippen LogP contribution in [0.5, 0.6) is 0 Å². The zero-order chi connectivity index (χ0) is 39.1. The molecule has 0 spiro atoms. The number of hydrogen-bond acceptors (Lipinski definition) is 7. The molecule has 3 heterocycles. The van der Waals surface area contributed by atoms with E-state index in [0.29, 0.717) is 23.8 Å². The van der Waals surface area contributed by atoms with E-state index in [0.717, 1.165) is 37.0 Å². The summed E-state index contributed by atoms with van der Waals surface area (Å²) in [5, 5.41) is 12.1. The van der Waals surface area contributed by atoms with Gasteiger partial charge in [0.05, 0.1) is 34.9 Å². The van der Waals surface area contributed by atoms with Crippen molar-refractivity contribution in [2.24, 2.45) is 17.3 Å². The van der Waals surface area contributed by atoms with Gasteiger partial charge in [-0.25, -0.2) is 9.78 Å². The van der Waals surface area contributed by atoms with Crippen molar-refractivity contribution in [2.75, 3.05) is 5.32 Å². The smallest absolute Gasteiger partial charge is 0.404 e. The van der Waals surface area contributed by atoms with Crippen LogP contribution in [-0.4, -0.2) is 52.3 Å². The fourth-order valence-electron chi connectivity index (χ4n) is 9.66. The monoisotopic (exact) mass is 760 g/mol. The SMILES string of the molecule is CC[C@H](NC(=O)[C@@H]1C[C@@](C)(NC(=O)NC2CC2c2ccccc2)c2ncc(NCc3cccc(C(F)(F)F)c3)c(=O)n21)B1O[C@@H]2C3CC(C[C@]2(C)O1)C3(C)C. The zero-order valence-corrected chi connectivity index (χ0v) is 31.7. The molecule has 4 N–H and O–H groups in total. The highest BCUT2D eigenvalue weighted by molar-refractivity contribution is 6.47. The Morgan fingerprint density at radius 2 is 1.82 bits per heavy atom. The van der Waals surface area contributed by atoms with E-state index < -0.39 is 59.5 Å². The lowest BCUT2D eigenvalue weighted by molar-refractivity contribution is -0.185. The summed E-state index contributed by atoms with van der Waals surface area (Å²) in [7, 11) is -0.679. The predicted octanol–water partition coefficient (Wildman–Crippen LogP) is 6.05. The molecule has 5 fully saturated rings. The number of aromatic nitrogens is 2. The van der Waals surface area contributed by atoms with Crippen LogP contribution in [0.25, 0.3) is 0 Å². The van der Waals surface area contributed by atoms with Gasteiger partial charge in [-0.05, 0) is 80.0 Å². The molecule has 2 aliphatic heterocycles. The van der Waals surface area contributed by atoms with Gasteiger partial charge in [0, 0.05) is 24.9 Å². The van der Waals surface area contributed by atoms with Gasteiger partial charge in [0.25, 0.3) is 5.56 Å². The van der Waals surface area contributed by atoms with E-state index in [-0.39, 0.29) is 48.0 Å². The Morgan fingerprint density at radius 1 is 1.05 bits per heavy atom. The first kappa shape index (κ1) is 37.6. The Balaban J connectivity index is 1.03. The molecule has 4 aliphatic carbocycles. The summed E-state index contributed by atoms with van der Waals surface area (Å²) in [6, 6.07) is 13.2. The lowest BCUT2D eigenvalue weighted by atomic mass is 9.45. The number of fused-ring (bicyclic) bond motifs is 1. The molecule has 0 radical (unpaired) electrons. The number of nitrogens with one attached hydrogen (secondary N) is 4. The van der Waals surface area contributed by atoms with Crippen molar-refractivity contribution in [1.29, 1.82) is 0 Å². The molecule has 4 saturated carbocycles. The summed E-state index contributed by atoms with van der Waals surface area (Å²) in [6.45, 7) is 10.2. The van der Waals surface area contributed by atoms with Crippen LogP contribution in [0.3, 0.4) is 0 Å². The average Bonchev–Trinajstić information content (AvgIpc) is 3.70. The second-order valence-electron chi connectivity index (χ2n) is 17.2. The minimum atomic E-state index is -4.52. The Labute approximate surface area is 318 Å². The molecule has 3 aromatic rings. The zero-order valence-electron chi connectivity index (χ0n) is 31.7. The van der Waals surface area contributed by atoms with Crippen molar-refractivity contribution in [3.8, 4) is 0 Å². The Kier molecular flexibility index (Phi) is 9.14. The van der Waals surface area contributed by atoms with Gasteiger partial charge < -0.3 is 30.6 Å². The third-order valence-corrected chi connectivity index (χ3v) is 13.1. The molecular formula is C40H48BF3N6O5. The van der Waals surface area contributed by atoms with Crippen molar-refractivity contribution in [3.63, 3.8) is 0 Å². The molecule has 2 bridgehead atoms. The molecule has 11 nitrogen and oxygen atoms in total. The molecule has 6 aliphatic rings. The lowest BCUT2D eigenvalue weighted by Gasteiger charge is -2.63.